The number of amides is 2. The molecule has 0 saturated carbocycles. The lowest BCUT2D eigenvalue weighted by Crippen LogP contribution is -2.51. The summed E-state index contributed by atoms with van der Waals surface area (Å²) in [6.45, 7) is 5.24. The average molecular weight is 587 g/mol. The number of non-ortho nitro benzene ring substituents is 1. The van der Waals surface area contributed by atoms with E-state index < -0.39 is 33.4 Å². The van der Waals surface area contributed by atoms with E-state index in [1.165, 1.54) is 41.3 Å². The maximum atomic E-state index is 13.8. The SMILES string of the molecule is CC(C)CNC(=O)[C@H](C)N(Cc1ccc(Cl)cc1)C(=O)CN(c1ccc([N+](=O)[O-])cc1)S(=O)(=O)c1ccccc1. The summed E-state index contributed by atoms with van der Waals surface area (Å²) in [6, 6.07) is 18.3. The van der Waals surface area contributed by atoms with Gasteiger partial charge < -0.3 is 10.2 Å². The van der Waals surface area contributed by atoms with Crippen molar-refractivity contribution in [3.63, 3.8) is 0 Å². The minimum absolute atomic E-state index is 0.0196. The predicted octanol–water partition coefficient (Wildman–Crippen LogP) is 4.63. The van der Waals surface area contributed by atoms with E-state index in [1.807, 2.05) is 13.8 Å². The highest BCUT2D eigenvalue weighted by atomic mass is 35.5. The lowest BCUT2D eigenvalue weighted by atomic mass is 10.1. The molecule has 1 atom stereocenters. The van der Waals surface area contributed by atoms with Crippen LogP contribution in [0.2, 0.25) is 5.02 Å². The quantitative estimate of drug-likeness (QED) is 0.243. The molecule has 3 aromatic rings. The normalized spacial score (nSPS) is 12.0. The molecule has 0 aliphatic rings. The van der Waals surface area contributed by atoms with Crippen molar-refractivity contribution in [2.45, 2.75) is 38.3 Å². The van der Waals surface area contributed by atoms with Gasteiger partial charge in [-0.15, -0.1) is 0 Å². The van der Waals surface area contributed by atoms with E-state index in [1.54, 1.807) is 49.4 Å². The molecule has 10 nitrogen and oxygen atoms in total. The van der Waals surface area contributed by atoms with Gasteiger partial charge >= 0.3 is 0 Å². The Bertz CT molecular complexity index is 1430. The summed E-state index contributed by atoms with van der Waals surface area (Å²) in [6.07, 6.45) is 0. The average Bonchev–Trinajstić information content (AvgIpc) is 2.94. The Morgan fingerprint density at radius 2 is 1.55 bits per heavy atom. The monoisotopic (exact) mass is 586 g/mol. The fraction of sp³-hybridized carbons (Fsp3) is 0.286. The van der Waals surface area contributed by atoms with Crippen molar-refractivity contribution in [2.24, 2.45) is 5.92 Å². The highest BCUT2D eigenvalue weighted by molar-refractivity contribution is 7.92. The topological polar surface area (TPSA) is 130 Å². The zero-order chi connectivity index (χ0) is 29.4. The van der Waals surface area contributed by atoms with Crippen LogP contribution in [-0.2, 0) is 26.2 Å². The van der Waals surface area contributed by atoms with Gasteiger partial charge in [-0.25, -0.2) is 8.42 Å². The molecule has 1 N–H and O–H groups in total. The van der Waals surface area contributed by atoms with Gasteiger partial charge in [-0.3, -0.25) is 24.0 Å². The highest BCUT2D eigenvalue weighted by Gasteiger charge is 2.32. The lowest BCUT2D eigenvalue weighted by molar-refractivity contribution is -0.384. The molecule has 0 unspecified atom stereocenters. The zero-order valence-electron chi connectivity index (χ0n) is 22.4. The van der Waals surface area contributed by atoms with Crippen molar-refractivity contribution in [3.05, 3.63) is 99.6 Å². The summed E-state index contributed by atoms with van der Waals surface area (Å²) in [5.74, 6) is -0.839. The Labute approximate surface area is 238 Å². The highest BCUT2D eigenvalue weighted by Crippen LogP contribution is 2.26. The Morgan fingerprint density at radius 1 is 0.950 bits per heavy atom. The fourth-order valence-electron chi connectivity index (χ4n) is 3.81. The van der Waals surface area contributed by atoms with Gasteiger partial charge in [0.15, 0.2) is 0 Å². The second-order valence-electron chi connectivity index (χ2n) is 9.56. The molecule has 0 saturated heterocycles. The summed E-state index contributed by atoms with van der Waals surface area (Å²) < 4.78 is 28.3. The molecule has 2 amide bonds. The Kier molecular flexibility index (Phi) is 10.2. The molecule has 0 spiro atoms. The number of hydrogen-bond donors (Lipinski definition) is 1. The first-order valence-electron chi connectivity index (χ1n) is 12.5. The standard InChI is InChI=1S/C28H31ClN4O6S/c1-20(2)17-30-28(35)21(3)31(18-22-9-11-23(29)12-10-22)27(34)19-32(24-13-15-25(16-14-24)33(36)37)40(38,39)26-7-5-4-6-8-26/h4-16,20-21H,17-19H2,1-3H3,(H,30,35)/t21-/m0/s1. The molecule has 40 heavy (non-hydrogen) atoms. The van der Waals surface area contributed by atoms with Gasteiger partial charge in [0.05, 0.1) is 15.5 Å². The van der Waals surface area contributed by atoms with Gasteiger partial charge in [0.1, 0.15) is 12.6 Å². The van der Waals surface area contributed by atoms with Crippen LogP contribution in [0.4, 0.5) is 11.4 Å². The predicted molar refractivity (Wildman–Crippen MR) is 153 cm³/mol. The van der Waals surface area contributed by atoms with Crippen LogP contribution in [0.3, 0.4) is 0 Å². The largest absolute Gasteiger partial charge is 0.354 e. The molecule has 0 radical (unpaired) electrons. The zero-order valence-corrected chi connectivity index (χ0v) is 23.9. The molecule has 0 aromatic heterocycles. The van der Waals surface area contributed by atoms with Gasteiger partial charge in [0.25, 0.3) is 15.7 Å². The van der Waals surface area contributed by atoms with E-state index in [0.717, 1.165) is 4.31 Å². The van der Waals surface area contributed by atoms with E-state index in [9.17, 15) is 28.1 Å². The molecule has 12 heteroatoms. The number of carbonyl (C=O) groups is 2. The summed E-state index contributed by atoms with van der Waals surface area (Å²) in [7, 11) is -4.26. The lowest BCUT2D eigenvalue weighted by Gasteiger charge is -2.32. The molecule has 0 aliphatic carbocycles. The van der Waals surface area contributed by atoms with Crippen molar-refractivity contribution in [1.82, 2.24) is 10.2 Å². The third kappa shape index (κ3) is 7.80. The van der Waals surface area contributed by atoms with Crippen molar-refractivity contribution >= 4 is 44.8 Å². The van der Waals surface area contributed by atoms with Crippen molar-refractivity contribution in [3.8, 4) is 0 Å². The molecule has 3 rings (SSSR count). The number of benzene rings is 3. The van der Waals surface area contributed by atoms with Crippen LogP contribution in [0.25, 0.3) is 0 Å². The van der Waals surface area contributed by atoms with E-state index >= 15 is 0 Å². The minimum Gasteiger partial charge on any atom is -0.354 e. The fourth-order valence-corrected chi connectivity index (χ4v) is 5.37. The summed E-state index contributed by atoms with van der Waals surface area (Å²) in [5.41, 5.74) is 0.521. The smallest absolute Gasteiger partial charge is 0.269 e. The van der Waals surface area contributed by atoms with Crippen LogP contribution in [0.1, 0.15) is 26.3 Å². The molecule has 212 valence electrons. The Morgan fingerprint density at radius 3 is 2.10 bits per heavy atom. The van der Waals surface area contributed by atoms with E-state index in [-0.39, 0.29) is 34.6 Å². The molecule has 0 aliphatic heterocycles. The Balaban J connectivity index is 2.01. The van der Waals surface area contributed by atoms with Crippen molar-refractivity contribution < 1.29 is 22.9 Å². The third-order valence-electron chi connectivity index (χ3n) is 6.08. The van der Waals surface area contributed by atoms with Crippen LogP contribution < -0.4 is 9.62 Å². The molecular formula is C28H31ClN4O6S. The number of rotatable bonds is 12. The third-order valence-corrected chi connectivity index (χ3v) is 8.12. The molecule has 3 aromatic carbocycles. The summed E-state index contributed by atoms with van der Waals surface area (Å²) >= 11 is 6.01. The number of carbonyl (C=O) groups excluding carboxylic acids is 2. The number of nitrogens with zero attached hydrogens (tertiary/aromatic N) is 3. The molecule has 0 fully saturated rings. The summed E-state index contributed by atoms with van der Waals surface area (Å²) in [5, 5.41) is 14.5. The second kappa shape index (κ2) is 13.4. The number of nitro benzene ring substituents is 1. The molecule has 0 bridgehead atoms. The number of sulfonamides is 1. The first-order chi connectivity index (χ1) is 18.9. The first kappa shape index (κ1) is 30.6. The minimum atomic E-state index is -4.26. The maximum Gasteiger partial charge on any atom is 0.269 e. The molecule has 0 heterocycles. The van der Waals surface area contributed by atoms with Crippen molar-refractivity contribution in [2.75, 3.05) is 17.4 Å². The van der Waals surface area contributed by atoms with Crippen LogP contribution in [0, 0.1) is 16.0 Å². The number of hydrogen-bond acceptors (Lipinski definition) is 6. The van der Waals surface area contributed by atoms with Gasteiger partial charge in [-0.05, 0) is 54.8 Å². The van der Waals surface area contributed by atoms with E-state index in [4.69, 9.17) is 11.6 Å². The number of halogens is 1. The van der Waals surface area contributed by atoms with E-state index in [2.05, 4.69) is 5.32 Å². The van der Waals surface area contributed by atoms with Crippen molar-refractivity contribution in [1.29, 1.82) is 0 Å². The van der Waals surface area contributed by atoms with Gasteiger partial charge in [-0.1, -0.05) is 55.8 Å². The van der Waals surface area contributed by atoms with Crippen LogP contribution in [-0.4, -0.2) is 49.2 Å². The second-order valence-corrected chi connectivity index (χ2v) is 11.9. The van der Waals surface area contributed by atoms with Crippen LogP contribution in [0.15, 0.2) is 83.8 Å². The van der Waals surface area contributed by atoms with E-state index in [0.29, 0.717) is 17.1 Å². The van der Waals surface area contributed by atoms with Gasteiger partial charge in [-0.2, -0.15) is 0 Å². The van der Waals surface area contributed by atoms with Gasteiger partial charge in [0.2, 0.25) is 11.8 Å². The maximum absolute atomic E-state index is 13.8. The van der Waals surface area contributed by atoms with Gasteiger partial charge in [0, 0.05) is 30.2 Å². The number of nitro groups is 1. The first-order valence-corrected chi connectivity index (χ1v) is 14.4. The number of nitrogens with one attached hydrogen (secondary N) is 1. The Hall–Kier alpha value is -3.96. The van der Waals surface area contributed by atoms with Crippen LogP contribution in [0.5, 0.6) is 0 Å². The molecular weight excluding hydrogens is 556 g/mol. The summed E-state index contributed by atoms with van der Waals surface area (Å²) in [4.78, 5) is 38.6. The van der Waals surface area contributed by atoms with Crippen LogP contribution >= 0.6 is 11.6 Å². The number of anilines is 1.